The van der Waals surface area contributed by atoms with E-state index in [0.717, 1.165) is 31.8 Å². The molecule has 0 bridgehead atoms. The minimum absolute atomic E-state index is 0.0788. The highest BCUT2D eigenvalue weighted by Gasteiger charge is 2.17. The summed E-state index contributed by atoms with van der Waals surface area (Å²) in [6.07, 6.45) is 1.05. The summed E-state index contributed by atoms with van der Waals surface area (Å²) in [5.41, 5.74) is 2.64. The number of hydrogen-bond donors (Lipinski definition) is 1. The lowest BCUT2D eigenvalue weighted by atomic mass is 10.1. The van der Waals surface area contributed by atoms with Crippen LogP contribution in [0, 0.1) is 0 Å². The van der Waals surface area contributed by atoms with Crippen molar-refractivity contribution in [1.82, 2.24) is 4.90 Å². The van der Waals surface area contributed by atoms with Crippen molar-refractivity contribution in [2.24, 2.45) is 0 Å². The molecule has 0 saturated carbocycles. The Morgan fingerprint density at radius 3 is 2.78 bits per heavy atom. The van der Waals surface area contributed by atoms with E-state index in [-0.39, 0.29) is 6.61 Å². The normalized spacial score (nSPS) is 17.0. The van der Waals surface area contributed by atoms with Crippen molar-refractivity contribution < 1.29 is 9.84 Å². The van der Waals surface area contributed by atoms with E-state index in [1.54, 1.807) is 0 Å². The molecule has 0 aromatic heterocycles. The Morgan fingerprint density at radius 1 is 1.28 bits per heavy atom. The maximum atomic E-state index is 8.82. The van der Waals surface area contributed by atoms with Crippen LogP contribution in [0.2, 0.25) is 0 Å². The first-order valence-electron chi connectivity index (χ1n) is 6.48. The van der Waals surface area contributed by atoms with E-state index in [4.69, 9.17) is 9.84 Å². The Bertz CT molecular complexity index is 400. The van der Waals surface area contributed by atoms with E-state index in [9.17, 15) is 0 Å². The van der Waals surface area contributed by atoms with E-state index >= 15 is 0 Å². The van der Waals surface area contributed by atoms with Crippen LogP contribution in [0.3, 0.4) is 0 Å². The molecule has 2 rings (SSSR count). The quantitative estimate of drug-likeness (QED) is 0.865. The Hall–Kier alpha value is -1.32. The van der Waals surface area contributed by atoms with Gasteiger partial charge in [0.25, 0.3) is 0 Å². The minimum atomic E-state index is 0.0788. The van der Waals surface area contributed by atoms with Crippen LogP contribution >= 0.6 is 0 Å². The van der Waals surface area contributed by atoms with Gasteiger partial charge in [0.05, 0.1) is 13.2 Å². The Balaban J connectivity index is 1.93. The summed E-state index contributed by atoms with van der Waals surface area (Å²) < 4.78 is 5.60. The van der Waals surface area contributed by atoms with Crippen LogP contribution in [0.25, 0.3) is 0 Å². The number of aliphatic hydroxyl groups is 1. The van der Waals surface area contributed by atoms with Gasteiger partial charge < -0.3 is 9.84 Å². The number of aliphatic hydroxyl groups excluding tert-OH is 1. The average Bonchev–Trinajstić information content (AvgIpc) is 2.40. The molecule has 98 valence electrons. The summed E-state index contributed by atoms with van der Waals surface area (Å²) in [6, 6.07) is 10.5. The highest BCUT2D eigenvalue weighted by atomic mass is 16.5. The standard InChI is InChI=1S/C15H21NO2/c1-13-7-8-16(12-15(13)18-10-9-17)11-14-5-3-2-4-6-14/h2-6,17H,7-12H2,1H3. The third kappa shape index (κ3) is 3.59. The third-order valence-electron chi connectivity index (χ3n) is 3.26. The van der Waals surface area contributed by atoms with Crippen molar-refractivity contribution in [2.75, 3.05) is 26.3 Å². The van der Waals surface area contributed by atoms with Gasteiger partial charge in [0, 0.05) is 13.1 Å². The molecule has 0 fully saturated rings. The number of rotatable bonds is 5. The fraction of sp³-hybridized carbons (Fsp3) is 0.467. The maximum Gasteiger partial charge on any atom is 0.111 e. The van der Waals surface area contributed by atoms with Gasteiger partial charge in [-0.3, -0.25) is 4.90 Å². The molecule has 1 aromatic carbocycles. The van der Waals surface area contributed by atoms with Gasteiger partial charge in [-0.25, -0.2) is 0 Å². The lowest BCUT2D eigenvalue weighted by Gasteiger charge is -2.29. The highest BCUT2D eigenvalue weighted by molar-refractivity contribution is 5.17. The predicted molar refractivity (Wildman–Crippen MR) is 72.1 cm³/mol. The zero-order chi connectivity index (χ0) is 12.8. The third-order valence-corrected chi connectivity index (χ3v) is 3.26. The van der Waals surface area contributed by atoms with Crippen molar-refractivity contribution in [3.05, 3.63) is 47.2 Å². The lowest BCUT2D eigenvalue weighted by molar-refractivity contribution is 0.113. The van der Waals surface area contributed by atoms with Crippen LogP contribution in [0.4, 0.5) is 0 Å². The van der Waals surface area contributed by atoms with Gasteiger partial charge in [0.1, 0.15) is 12.4 Å². The maximum absolute atomic E-state index is 8.82. The van der Waals surface area contributed by atoms with Crippen molar-refractivity contribution in [2.45, 2.75) is 19.9 Å². The van der Waals surface area contributed by atoms with Gasteiger partial charge in [0.15, 0.2) is 0 Å². The van der Waals surface area contributed by atoms with E-state index in [1.807, 2.05) is 6.07 Å². The molecule has 3 nitrogen and oxygen atoms in total. The van der Waals surface area contributed by atoms with E-state index in [0.29, 0.717) is 6.61 Å². The molecule has 0 radical (unpaired) electrons. The van der Waals surface area contributed by atoms with Gasteiger partial charge >= 0.3 is 0 Å². The molecule has 1 aliphatic heterocycles. The minimum Gasteiger partial charge on any atom is -0.494 e. The van der Waals surface area contributed by atoms with Gasteiger partial charge in [-0.1, -0.05) is 30.3 Å². The summed E-state index contributed by atoms with van der Waals surface area (Å²) in [5, 5.41) is 8.82. The van der Waals surface area contributed by atoms with Crippen molar-refractivity contribution >= 4 is 0 Å². The molecule has 0 atom stereocenters. The van der Waals surface area contributed by atoms with Crippen LogP contribution in [-0.2, 0) is 11.3 Å². The second kappa shape index (κ2) is 6.57. The summed E-state index contributed by atoms with van der Waals surface area (Å²) in [6.45, 7) is 5.47. The zero-order valence-corrected chi connectivity index (χ0v) is 10.9. The average molecular weight is 247 g/mol. The van der Waals surface area contributed by atoms with E-state index in [2.05, 4.69) is 36.1 Å². The zero-order valence-electron chi connectivity index (χ0n) is 10.9. The number of benzene rings is 1. The fourth-order valence-electron chi connectivity index (χ4n) is 2.20. The Labute approximate surface area is 109 Å². The van der Waals surface area contributed by atoms with E-state index < -0.39 is 0 Å². The topological polar surface area (TPSA) is 32.7 Å². The number of ether oxygens (including phenoxy) is 1. The molecule has 18 heavy (non-hydrogen) atoms. The fourth-order valence-corrected chi connectivity index (χ4v) is 2.20. The lowest BCUT2D eigenvalue weighted by Crippen LogP contribution is -2.32. The Kier molecular flexibility index (Phi) is 4.79. The smallest absolute Gasteiger partial charge is 0.111 e. The highest BCUT2D eigenvalue weighted by Crippen LogP contribution is 2.20. The van der Waals surface area contributed by atoms with Crippen LogP contribution in [0.1, 0.15) is 18.9 Å². The second-order valence-corrected chi connectivity index (χ2v) is 4.72. The van der Waals surface area contributed by atoms with Gasteiger partial charge in [-0.05, 0) is 24.5 Å². The largest absolute Gasteiger partial charge is 0.494 e. The van der Waals surface area contributed by atoms with E-state index in [1.165, 1.54) is 11.1 Å². The molecule has 0 aliphatic carbocycles. The second-order valence-electron chi connectivity index (χ2n) is 4.72. The van der Waals surface area contributed by atoms with Crippen LogP contribution < -0.4 is 0 Å². The van der Waals surface area contributed by atoms with Crippen molar-refractivity contribution in [1.29, 1.82) is 0 Å². The molecule has 0 unspecified atom stereocenters. The summed E-state index contributed by atoms with van der Waals surface area (Å²) >= 11 is 0. The molecule has 0 saturated heterocycles. The molecule has 1 aliphatic rings. The first kappa shape index (κ1) is 13.1. The van der Waals surface area contributed by atoms with Gasteiger partial charge in [-0.15, -0.1) is 0 Å². The molecule has 1 N–H and O–H groups in total. The van der Waals surface area contributed by atoms with Crippen molar-refractivity contribution in [3.8, 4) is 0 Å². The summed E-state index contributed by atoms with van der Waals surface area (Å²) in [7, 11) is 0. The molecule has 1 aromatic rings. The van der Waals surface area contributed by atoms with Crippen molar-refractivity contribution in [3.63, 3.8) is 0 Å². The molecule has 1 heterocycles. The summed E-state index contributed by atoms with van der Waals surface area (Å²) in [4.78, 5) is 2.38. The SMILES string of the molecule is CC1=C(OCCO)CN(Cc2ccccc2)CC1. The molecule has 0 amide bonds. The number of nitrogens with zero attached hydrogens (tertiary/aromatic N) is 1. The van der Waals surface area contributed by atoms with Gasteiger partial charge in [-0.2, -0.15) is 0 Å². The predicted octanol–water partition coefficient (Wildman–Crippen LogP) is 2.18. The first-order valence-corrected chi connectivity index (χ1v) is 6.48. The first-order chi connectivity index (χ1) is 8.79. The molecular formula is C15H21NO2. The van der Waals surface area contributed by atoms with Gasteiger partial charge in [0.2, 0.25) is 0 Å². The molecular weight excluding hydrogens is 226 g/mol. The monoisotopic (exact) mass is 247 g/mol. The molecule has 3 heteroatoms. The van der Waals surface area contributed by atoms with Crippen LogP contribution in [-0.4, -0.2) is 36.3 Å². The van der Waals surface area contributed by atoms with Crippen LogP contribution in [0.5, 0.6) is 0 Å². The molecule has 0 spiro atoms. The Morgan fingerprint density at radius 2 is 2.06 bits per heavy atom. The number of hydrogen-bond acceptors (Lipinski definition) is 3. The summed E-state index contributed by atoms with van der Waals surface area (Å²) in [5.74, 6) is 1.03. The van der Waals surface area contributed by atoms with Crippen LogP contribution in [0.15, 0.2) is 41.7 Å².